The third-order valence-corrected chi connectivity index (χ3v) is 5.84. The summed E-state index contributed by atoms with van der Waals surface area (Å²) in [6.07, 6.45) is 2.33. The fraction of sp³-hybridized carbons (Fsp3) is 0.636. The van der Waals surface area contributed by atoms with Crippen molar-refractivity contribution in [3.8, 4) is 0 Å². The first kappa shape index (κ1) is 22.4. The molecule has 0 heterocycles. The van der Waals surface area contributed by atoms with Crippen molar-refractivity contribution in [2.75, 3.05) is 6.54 Å². The number of carbonyl (C=O) groups excluding carboxylic acids is 2. The van der Waals surface area contributed by atoms with Crippen LogP contribution in [0.2, 0.25) is 0 Å². The molecule has 6 nitrogen and oxygen atoms in total. The van der Waals surface area contributed by atoms with Crippen molar-refractivity contribution in [3.05, 3.63) is 35.9 Å². The van der Waals surface area contributed by atoms with Gasteiger partial charge in [-0.3, -0.25) is 9.59 Å². The van der Waals surface area contributed by atoms with Gasteiger partial charge in [-0.2, -0.15) is 0 Å². The molecule has 1 unspecified atom stereocenters. The van der Waals surface area contributed by atoms with E-state index in [-0.39, 0.29) is 30.2 Å². The first-order valence-corrected chi connectivity index (χ1v) is 10.3. The van der Waals surface area contributed by atoms with Gasteiger partial charge in [0.2, 0.25) is 5.91 Å². The third kappa shape index (κ3) is 5.32. The van der Waals surface area contributed by atoms with Crippen molar-refractivity contribution >= 4 is 11.8 Å². The molecule has 1 aromatic carbocycles. The minimum Gasteiger partial charge on any atom is -0.380 e. The lowest BCUT2D eigenvalue weighted by atomic mass is 9.66. The quantitative estimate of drug-likeness (QED) is 0.573. The van der Waals surface area contributed by atoms with E-state index in [4.69, 9.17) is 5.73 Å². The number of benzene rings is 1. The van der Waals surface area contributed by atoms with Crippen LogP contribution >= 0.6 is 0 Å². The summed E-state index contributed by atoms with van der Waals surface area (Å²) in [6, 6.07) is 8.40. The van der Waals surface area contributed by atoms with E-state index in [1.807, 2.05) is 30.3 Å². The zero-order chi connectivity index (χ0) is 20.9. The van der Waals surface area contributed by atoms with Gasteiger partial charge < -0.3 is 21.5 Å². The molecule has 156 valence electrons. The van der Waals surface area contributed by atoms with Crippen molar-refractivity contribution in [3.63, 3.8) is 0 Å². The molecule has 0 aliphatic heterocycles. The molecule has 1 saturated carbocycles. The maximum absolute atomic E-state index is 13.0. The molecule has 1 fully saturated rings. The van der Waals surface area contributed by atoms with E-state index in [1.54, 1.807) is 6.92 Å². The van der Waals surface area contributed by atoms with Crippen LogP contribution in [0.5, 0.6) is 0 Å². The maximum Gasteiger partial charge on any atom is 0.252 e. The average molecular weight is 390 g/mol. The number of hydrogen-bond donors (Lipinski definition) is 4. The Morgan fingerprint density at radius 1 is 1.21 bits per heavy atom. The molecule has 0 aromatic heterocycles. The second kappa shape index (κ2) is 9.52. The molecular formula is C22H35N3O3. The Morgan fingerprint density at radius 2 is 1.86 bits per heavy atom. The molecular weight excluding hydrogens is 354 g/mol. The number of rotatable bonds is 7. The number of amides is 2. The largest absolute Gasteiger partial charge is 0.380 e. The standard InChI is InChI=1S/C22H35N3O3/c1-14(2)18-11-10-15(3)12-22(18,28)21(27)24-13-19(25-20(26)16(4)23)17-8-6-5-7-9-17/h5-9,14-16,18-19,28H,10-13,23H2,1-4H3,(H,24,27)(H,25,26)/t15-,16+,18+,19?,22+/m1/s1. The summed E-state index contributed by atoms with van der Waals surface area (Å²) >= 11 is 0. The fourth-order valence-electron chi connectivity index (χ4n) is 4.22. The highest BCUT2D eigenvalue weighted by Crippen LogP contribution is 2.41. The van der Waals surface area contributed by atoms with Crippen LogP contribution in [0, 0.1) is 17.8 Å². The Kier molecular flexibility index (Phi) is 7.61. The second-order valence-corrected chi connectivity index (χ2v) is 8.63. The predicted octanol–water partition coefficient (Wildman–Crippen LogP) is 2.13. The van der Waals surface area contributed by atoms with E-state index >= 15 is 0 Å². The Bertz CT molecular complexity index is 662. The van der Waals surface area contributed by atoms with Crippen LogP contribution in [0.15, 0.2) is 30.3 Å². The lowest BCUT2D eigenvalue weighted by molar-refractivity contribution is -0.156. The molecule has 2 amide bonds. The van der Waals surface area contributed by atoms with Crippen LogP contribution in [0.4, 0.5) is 0 Å². The van der Waals surface area contributed by atoms with Gasteiger partial charge in [0.15, 0.2) is 0 Å². The van der Waals surface area contributed by atoms with Gasteiger partial charge in [0.05, 0.1) is 12.1 Å². The van der Waals surface area contributed by atoms with Crippen molar-refractivity contribution in [2.24, 2.45) is 23.5 Å². The van der Waals surface area contributed by atoms with Gasteiger partial charge in [0.1, 0.15) is 5.60 Å². The fourth-order valence-corrected chi connectivity index (χ4v) is 4.22. The number of nitrogens with two attached hydrogens (primary N) is 1. The highest BCUT2D eigenvalue weighted by atomic mass is 16.3. The molecule has 5 atom stereocenters. The van der Waals surface area contributed by atoms with Crippen LogP contribution in [0.3, 0.4) is 0 Å². The van der Waals surface area contributed by atoms with Crippen LogP contribution in [-0.4, -0.2) is 35.1 Å². The molecule has 0 radical (unpaired) electrons. The van der Waals surface area contributed by atoms with Crippen LogP contribution in [0.25, 0.3) is 0 Å². The van der Waals surface area contributed by atoms with E-state index in [1.165, 1.54) is 0 Å². The summed E-state index contributed by atoms with van der Waals surface area (Å²) in [5.41, 5.74) is 5.18. The van der Waals surface area contributed by atoms with E-state index in [0.29, 0.717) is 12.3 Å². The zero-order valence-electron chi connectivity index (χ0n) is 17.4. The summed E-state index contributed by atoms with van der Waals surface area (Å²) in [5.74, 6) is -0.196. The van der Waals surface area contributed by atoms with E-state index < -0.39 is 17.7 Å². The molecule has 1 aliphatic carbocycles. The van der Waals surface area contributed by atoms with E-state index in [9.17, 15) is 14.7 Å². The molecule has 0 saturated heterocycles. The number of aliphatic hydroxyl groups is 1. The Labute approximate surface area is 168 Å². The van der Waals surface area contributed by atoms with Gasteiger partial charge in [0, 0.05) is 6.54 Å². The molecule has 0 bridgehead atoms. The number of hydrogen-bond acceptors (Lipinski definition) is 4. The zero-order valence-corrected chi connectivity index (χ0v) is 17.4. The number of nitrogens with one attached hydrogen (secondary N) is 2. The molecule has 6 heteroatoms. The summed E-state index contributed by atoms with van der Waals surface area (Å²) in [4.78, 5) is 25.2. The van der Waals surface area contributed by atoms with Crippen LogP contribution in [0.1, 0.15) is 58.6 Å². The molecule has 1 aromatic rings. The van der Waals surface area contributed by atoms with E-state index in [0.717, 1.165) is 18.4 Å². The highest BCUT2D eigenvalue weighted by molar-refractivity contribution is 5.86. The lowest BCUT2D eigenvalue weighted by Gasteiger charge is -2.43. The molecule has 1 aliphatic rings. The van der Waals surface area contributed by atoms with Crippen molar-refractivity contribution in [1.29, 1.82) is 0 Å². The average Bonchev–Trinajstić information content (AvgIpc) is 2.64. The summed E-state index contributed by atoms with van der Waals surface area (Å²) in [5, 5.41) is 17.1. The van der Waals surface area contributed by atoms with Gasteiger partial charge in [-0.25, -0.2) is 0 Å². The van der Waals surface area contributed by atoms with Crippen LogP contribution in [-0.2, 0) is 9.59 Å². The minimum absolute atomic E-state index is 0.0717. The topological polar surface area (TPSA) is 104 Å². The van der Waals surface area contributed by atoms with Crippen molar-refractivity contribution in [2.45, 2.75) is 64.6 Å². The summed E-state index contributed by atoms with van der Waals surface area (Å²) in [7, 11) is 0. The highest BCUT2D eigenvalue weighted by Gasteiger charge is 2.48. The Morgan fingerprint density at radius 3 is 2.43 bits per heavy atom. The van der Waals surface area contributed by atoms with E-state index in [2.05, 4.69) is 31.4 Å². The van der Waals surface area contributed by atoms with Crippen molar-refractivity contribution < 1.29 is 14.7 Å². The lowest BCUT2D eigenvalue weighted by Crippen LogP contribution is -2.57. The normalized spacial score (nSPS) is 27.1. The van der Waals surface area contributed by atoms with Gasteiger partial charge >= 0.3 is 0 Å². The second-order valence-electron chi connectivity index (χ2n) is 8.63. The predicted molar refractivity (Wildman–Crippen MR) is 110 cm³/mol. The maximum atomic E-state index is 13.0. The summed E-state index contributed by atoms with van der Waals surface area (Å²) in [6.45, 7) is 7.99. The smallest absolute Gasteiger partial charge is 0.252 e. The van der Waals surface area contributed by atoms with Gasteiger partial charge in [-0.15, -0.1) is 0 Å². The number of carbonyl (C=O) groups is 2. The monoisotopic (exact) mass is 389 g/mol. The molecule has 2 rings (SSSR count). The molecule has 28 heavy (non-hydrogen) atoms. The third-order valence-electron chi connectivity index (χ3n) is 5.84. The summed E-state index contributed by atoms with van der Waals surface area (Å²) < 4.78 is 0. The Hall–Kier alpha value is -1.92. The van der Waals surface area contributed by atoms with Crippen molar-refractivity contribution in [1.82, 2.24) is 10.6 Å². The van der Waals surface area contributed by atoms with Gasteiger partial charge in [-0.1, -0.05) is 57.5 Å². The molecule has 0 spiro atoms. The van der Waals surface area contributed by atoms with Gasteiger partial charge in [0.25, 0.3) is 5.91 Å². The minimum atomic E-state index is -1.38. The van der Waals surface area contributed by atoms with Gasteiger partial charge in [-0.05, 0) is 43.1 Å². The molecule has 5 N–H and O–H groups in total. The SMILES string of the molecule is CC(C)[C@@H]1CC[C@@H](C)C[C@@]1(O)C(=O)NCC(NC(=O)[C@H](C)N)c1ccccc1. The van der Waals surface area contributed by atoms with Crippen LogP contribution < -0.4 is 16.4 Å². The first-order valence-electron chi connectivity index (χ1n) is 10.3. The Balaban J connectivity index is 2.14. The first-order chi connectivity index (χ1) is 13.1.